The zero-order chi connectivity index (χ0) is 54.9. The molecule has 3 radical (unpaired) electrons. The number of amides is 4. The predicted octanol–water partition coefficient (Wildman–Crippen LogP) is 10.00. The van der Waals surface area contributed by atoms with Crippen LogP contribution in [0.4, 0.5) is 14.0 Å². The summed E-state index contributed by atoms with van der Waals surface area (Å²) in [6.07, 6.45) is 9.23. The Hall–Kier alpha value is -6.58. The lowest BCUT2D eigenvalue weighted by Gasteiger charge is -2.38. The second kappa shape index (κ2) is 22.8. The normalized spacial score (nSPS) is 19.5. The highest BCUT2D eigenvalue weighted by molar-refractivity contribution is 7.11. The largest absolute Gasteiger partial charge is 0.464 e. The van der Waals surface area contributed by atoms with E-state index in [9.17, 15) is 19.2 Å². The lowest BCUT2D eigenvalue weighted by molar-refractivity contribution is -0.140. The van der Waals surface area contributed by atoms with Crippen LogP contribution in [0.1, 0.15) is 145 Å². The summed E-state index contributed by atoms with van der Waals surface area (Å²) in [5, 5.41) is 10.4. The van der Waals surface area contributed by atoms with Gasteiger partial charge in [-0.2, -0.15) is 0 Å². The fourth-order valence-electron chi connectivity index (χ4n) is 11.1. The minimum atomic E-state index is -1.22. The summed E-state index contributed by atoms with van der Waals surface area (Å²) in [6.45, 7) is 15.2. The number of carbonyl (C=O) groups excluding carboxylic acids is 4. The number of imidazole rings is 2. The maximum atomic E-state index is 17.0. The zero-order valence-electron chi connectivity index (χ0n) is 45.3. The molecule has 18 nitrogen and oxygen atoms in total. The van der Waals surface area contributed by atoms with Gasteiger partial charge in [-0.25, -0.2) is 28.9 Å². The van der Waals surface area contributed by atoms with E-state index >= 15 is 4.39 Å². The molecule has 9 rings (SSSR count). The molecular weight excluding hydrogens is 1020 g/mol. The van der Waals surface area contributed by atoms with Crippen LogP contribution >= 0.6 is 11.3 Å². The van der Waals surface area contributed by atoms with E-state index in [4.69, 9.17) is 33.9 Å². The summed E-state index contributed by atoms with van der Waals surface area (Å²) >= 11 is 1.61. The predicted molar refractivity (Wildman–Crippen MR) is 292 cm³/mol. The Balaban J connectivity index is 0.955. The number of thiazole rings is 1. The van der Waals surface area contributed by atoms with Crippen LogP contribution in [0.3, 0.4) is 0 Å². The summed E-state index contributed by atoms with van der Waals surface area (Å²) in [5.41, 5.74) is 2.86. The number of hydrogen-bond acceptors (Lipinski definition) is 12. The quantitative estimate of drug-likeness (QED) is 0.0403. The summed E-state index contributed by atoms with van der Waals surface area (Å²) in [5.74, 6) is 0.666. The molecule has 77 heavy (non-hydrogen) atoms. The molecule has 2 aromatic carbocycles. The van der Waals surface area contributed by atoms with Crippen molar-refractivity contribution in [3.63, 3.8) is 0 Å². The number of methoxy groups -OCH3 is 2. The standard InChI is InChI=1S/C56H70FN10O8SSi/c1-10-31(11-2)50-61-29-43(76-50)51-67-39-17-16-32(37-27-60-48(63-37)44(77)15-12-19-58-49(68)46(64-53(70)72-8)33-18-21-74-55(5,6)26-33)22-35(39)24-41(67)45-36(57)23-34(25-42(45)75-51)38-28-59-47(62-38)40-14-13-20-66(40)52(69)56(7,30(3)4)65-54(71)73-9/h16-17,22-25,27-31,33,40,44,46,51H,10-15,18-21,26H2,1-9H3,(H,58,68)(H,59,62)(H,60,63)(H,64,70)(H,65,71). The molecule has 6 atom stereocenters. The first-order valence-electron chi connectivity index (χ1n) is 26.7. The average Bonchev–Trinajstić information content (AvgIpc) is 4.34. The van der Waals surface area contributed by atoms with Crippen LogP contribution in [0.2, 0.25) is 0 Å². The van der Waals surface area contributed by atoms with Gasteiger partial charge < -0.3 is 49.8 Å². The maximum absolute atomic E-state index is 17.0. The van der Waals surface area contributed by atoms with Gasteiger partial charge in [0.25, 0.3) is 0 Å². The molecule has 0 spiro atoms. The van der Waals surface area contributed by atoms with Gasteiger partial charge in [0, 0.05) is 64.1 Å². The number of H-pyrrole nitrogens is 2. The van der Waals surface area contributed by atoms with Crippen molar-refractivity contribution in [3.8, 4) is 39.5 Å². The van der Waals surface area contributed by atoms with E-state index in [0.29, 0.717) is 91.8 Å². The Kier molecular flexibility index (Phi) is 16.3. The number of fused-ring (bicyclic) bond motifs is 5. The van der Waals surface area contributed by atoms with Crippen LogP contribution in [0, 0.1) is 17.7 Å². The summed E-state index contributed by atoms with van der Waals surface area (Å²) in [6, 6.07) is 10.3. The molecule has 409 valence electrons. The third kappa shape index (κ3) is 11.3. The lowest BCUT2D eigenvalue weighted by atomic mass is 9.83. The van der Waals surface area contributed by atoms with Crippen molar-refractivity contribution in [1.29, 1.82) is 0 Å². The van der Waals surface area contributed by atoms with Gasteiger partial charge in [-0.05, 0) is 114 Å². The molecule has 6 aromatic rings. The number of nitrogens with one attached hydrogen (secondary N) is 5. The number of halogens is 1. The monoisotopic (exact) mass is 1090 g/mol. The third-order valence-electron chi connectivity index (χ3n) is 15.8. The number of hydrogen-bond donors (Lipinski definition) is 5. The molecule has 3 aliphatic rings. The Morgan fingerprint density at radius 1 is 0.974 bits per heavy atom. The molecule has 2 fully saturated rings. The third-order valence-corrected chi connectivity index (χ3v) is 17.5. The minimum absolute atomic E-state index is 0.0987. The number of aromatic amines is 2. The second-order valence-electron chi connectivity index (χ2n) is 21.5. The summed E-state index contributed by atoms with van der Waals surface area (Å²) in [7, 11) is 6.43. The Labute approximate surface area is 455 Å². The number of benzene rings is 2. The van der Waals surface area contributed by atoms with E-state index in [-0.39, 0.29) is 35.2 Å². The van der Waals surface area contributed by atoms with E-state index < -0.39 is 41.4 Å². The molecular formula is C56H70FN10O8SSi. The molecule has 0 aliphatic carbocycles. The van der Waals surface area contributed by atoms with Gasteiger partial charge in [0.2, 0.25) is 18.0 Å². The Morgan fingerprint density at radius 3 is 2.45 bits per heavy atom. The number of nitrogens with zero attached hydrogens (tertiary/aromatic N) is 5. The highest BCUT2D eigenvalue weighted by Gasteiger charge is 2.46. The van der Waals surface area contributed by atoms with Gasteiger partial charge in [-0.3, -0.25) is 14.2 Å². The van der Waals surface area contributed by atoms with Gasteiger partial charge in [-0.15, -0.1) is 11.3 Å². The number of rotatable bonds is 18. The lowest BCUT2D eigenvalue weighted by Crippen LogP contribution is -2.60. The van der Waals surface area contributed by atoms with Crippen LogP contribution in [0.15, 0.2) is 55.0 Å². The van der Waals surface area contributed by atoms with Gasteiger partial charge in [0.05, 0.1) is 76.3 Å². The van der Waals surface area contributed by atoms with E-state index in [2.05, 4.69) is 60.6 Å². The van der Waals surface area contributed by atoms with Gasteiger partial charge >= 0.3 is 12.2 Å². The van der Waals surface area contributed by atoms with Gasteiger partial charge in [0.15, 0.2) is 0 Å². The maximum Gasteiger partial charge on any atom is 0.407 e. The van der Waals surface area contributed by atoms with E-state index in [1.807, 2.05) is 58.2 Å². The smallest absolute Gasteiger partial charge is 0.407 e. The summed E-state index contributed by atoms with van der Waals surface area (Å²) < 4.78 is 41.6. The van der Waals surface area contributed by atoms with E-state index in [1.165, 1.54) is 20.3 Å². The van der Waals surface area contributed by atoms with Crippen LogP contribution < -0.4 is 20.7 Å². The Bertz CT molecular complexity index is 3130. The molecule has 7 heterocycles. The van der Waals surface area contributed by atoms with Gasteiger partial charge in [0.1, 0.15) is 34.8 Å². The first-order chi connectivity index (χ1) is 36.9. The van der Waals surface area contributed by atoms with Crippen molar-refractivity contribution in [2.45, 2.75) is 141 Å². The number of alkyl carbamates (subject to hydrolysis) is 2. The van der Waals surface area contributed by atoms with Crippen molar-refractivity contribution < 1.29 is 42.5 Å². The molecule has 21 heteroatoms. The number of ether oxygens (including phenoxy) is 4. The van der Waals surface area contributed by atoms with Crippen molar-refractivity contribution >= 4 is 56.5 Å². The van der Waals surface area contributed by atoms with Crippen LogP contribution in [-0.2, 0) is 23.8 Å². The first-order valence-corrected chi connectivity index (χ1v) is 28.1. The average molecular weight is 1090 g/mol. The van der Waals surface area contributed by atoms with E-state index in [1.54, 1.807) is 35.6 Å². The fraction of sp³-hybridized carbons (Fsp3) is 0.518. The first kappa shape index (κ1) is 55.2. The molecule has 4 amide bonds. The molecule has 4 aromatic heterocycles. The molecule has 0 bridgehead atoms. The van der Waals surface area contributed by atoms with E-state index in [0.717, 1.165) is 57.1 Å². The Morgan fingerprint density at radius 2 is 1.73 bits per heavy atom. The van der Waals surface area contributed by atoms with Crippen LogP contribution in [-0.4, -0.2) is 120 Å². The highest BCUT2D eigenvalue weighted by Crippen LogP contribution is 2.49. The van der Waals surface area contributed by atoms with Crippen molar-refractivity contribution in [2.75, 3.05) is 33.9 Å². The highest BCUT2D eigenvalue weighted by atomic mass is 32.1. The summed E-state index contributed by atoms with van der Waals surface area (Å²) in [4.78, 5) is 76.1. The van der Waals surface area contributed by atoms with Crippen LogP contribution in [0.25, 0.3) is 44.7 Å². The minimum Gasteiger partial charge on any atom is -0.464 e. The molecule has 2 saturated heterocycles. The molecule has 5 N–H and O–H groups in total. The molecule has 6 unspecified atom stereocenters. The number of carbonyl (C=O) groups is 4. The second-order valence-corrected chi connectivity index (χ2v) is 23.3. The fourth-order valence-corrected chi connectivity index (χ4v) is 12.6. The van der Waals surface area contributed by atoms with Crippen molar-refractivity contribution in [1.82, 2.24) is 50.3 Å². The molecule has 0 saturated carbocycles. The van der Waals surface area contributed by atoms with Gasteiger partial charge in [-0.1, -0.05) is 33.8 Å². The topological polar surface area (TPSA) is 220 Å². The zero-order valence-corrected chi connectivity index (χ0v) is 47.1. The number of aromatic nitrogens is 6. The van der Waals surface area contributed by atoms with Crippen molar-refractivity contribution in [2.24, 2.45) is 11.8 Å². The number of likely N-dealkylation sites (tertiary alicyclic amines) is 1. The van der Waals surface area contributed by atoms with Crippen LogP contribution in [0.5, 0.6) is 5.75 Å². The van der Waals surface area contributed by atoms with Crippen molar-refractivity contribution in [3.05, 3.63) is 82.3 Å². The molecule has 3 aliphatic heterocycles. The SMILES string of the molecule is CCC(CC)c1ncc(C2Oc3cc(-c4cnc(C5CCCN5C(=O)C(C)(NC(=O)OC)C(C)C)[nH]4)cc(F)c3-c3cc4cc(-c5cnc(C([Si])CCCNC(=O)C(NC(=O)OC)C6CCOC(C)(C)C6)[nH]5)ccc4n32)s1.